The molecule has 0 spiro atoms. The highest BCUT2D eigenvalue weighted by Crippen LogP contribution is 2.25. The van der Waals surface area contributed by atoms with E-state index in [-0.39, 0.29) is 0 Å². The fraction of sp³-hybridized carbons (Fsp3) is 0.429. The van der Waals surface area contributed by atoms with Crippen LogP contribution in [0, 0.1) is 12.8 Å². The van der Waals surface area contributed by atoms with Crippen molar-refractivity contribution in [1.29, 1.82) is 0 Å². The second-order valence-electron chi connectivity index (χ2n) is 6.76. The summed E-state index contributed by atoms with van der Waals surface area (Å²) >= 11 is 1.96. The molecule has 26 heavy (non-hydrogen) atoms. The molecule has 138 valence electrons. The Morgan fingerprint density at radius 1 is 1.27 bits per heavy atom. The van der Waals surface area contributed by atoms with Crippen molar-refractivity contribution in [3.8, 4) is 0 Å². The molecular weight excluding hydrogens is 340 g/mol. The van der Waals surface area contributed by atoms with Crippen LogP contribution in [0.5, 0.6) is 0 Å². The van der Waals surface area contributed by atoms with Gasteiger partial charge in [-0.1, -0.05) is 24.3 Å². The molecule has 0 bridgehead atoms. The van der Waals surface area contributed by atoms with Crippen LogP contribution in [0.4, 0.5) is 0 Å². The number of thioether (sulfide) groups is 1. The summed E-state index contributed by atoms with van der Waals surface area (Å²) in [7, 11) is 1.88. The van der Waals surface area contributed by atoms with E-state index in [0.717, 1.165) is 43.6 Å². The fourth-order valence-electron chi connectivity index (χ4n) is 3.19. The number of aliphatic imine (C=N–C) groups is 1. The molecular formula is C21H28N4S. The number of benzene rings is 1. The van der Waals surface area contributed by atoms with Crippen LogP contribution in [0.25, 0.3) is 0 Å². The lowest BCUT2D eigenvalue weighted by molar-refractivity contribution is 0.475. The van der Waals surface area contributed by atoms with Crippen molar-refractivity contribution >= 4 is 17.7 Å². The lowest BCUT2D eigenvalue weighted by atomic mass is 10.2. The molecule has 0 amide bonds. The summed E-state index contributed by atoms with van der Waals surface area (Å²) in [5.74, 6) is 2.92. The molecule has 0 aliphatic carbocycles. The van der Waals surface area contributed by atoms with Gasteiger partial charge < -0.3 is 10.2 Å². The Kier molecular flexibility index (Phi) is 6.95. The number of aromatic nitrogens is 1. The van der Waals surface area contributed by atoms with E-state index in [2.05, 4.69) is 62.7 Å². The summed E-state index contributed by atoms with van der Waals surface area (Å²) in [5.41, 5.74) is 2.33. The number of pyridine rings is 1. The Morgan fingerprint density at radius 2 is 2.12 bits per heavy atom. The van der Waals surface area contributed by atoms with E-state index in [1.54, 1.807) is 0 Å². The molecule has 1 aliphatic rings. The zero-order valence-corrected chi connectivity index (χ0v) is 16.5. The third kappa shape index (κ3) is 5.49. The second-order valence-corrected chi connectivity index (χ2v) is 7.85. The first-order valence-electron chi connectivity index (χ1n) is 9.29. The van der Waals surface area contributed by atoms with Crippen molar-refractivity contribution in [2.75, 3.05) is 32.4 Å². The highest BCUT2D eigenvalue weighted by atomic mass is 32.2. The van der Waals surface area contributed by atoms with Crippen LogP contribution in [0.15, 0.2) is 58.5 Å². The molecule has 1 aromatic carbocycles. The van der Waals surface area contributed by atoms with Gasteiger partial charge in [-0.15, -0.1) is 11.8 Å². The minimum absolute atomic E-state index is 0.722. The van der Waals surface area contributed by atoms with Gasteiger partial charge in [0.1, 0.15) is 0 Å². The molecule has 2 aromatic rings. The van der Waals surface area contributed by atoms with Gasteiger partial charge in [-0.25, -0.2) is 0 Å². The van der Waals surface area contributed by atoms with Crippen LogP contribution in [0.3, 0.4) is 0 Å². The maximum Gasteiger partial charge on any atom is 0.193 e. The van der Waals surface area contributed by atoms with Crippen LogP contribution in [0.2, 0.25) is 0 Å². The Hall–Kier alpha value is -2.01. The molecule has 1 atom stereocenters. The van der Waals surface area contributed by atoms with Gasteiger partial charge in [0.25, 0.3) is 0 Å². The van der Waals surface area contributed by atoms with Crippen molar-refractivity contribution in [3.05, 3.63) is 59.9 Å². The number of hydrogen-bond acceptors (Lipinski definition) is 3. The van der Waals surface area contributed by atoms with E-state index >= 15 is 0 Å². The van der Waals surface area contributed by atoms with Gasteiger partial charge in [-0.05, 0) is 49.4 Å². The Labute approximate surface area is 161 Å². The van der Waals surface area contributed by atoms with Gasteiger partial charge in [0.2, 0.25) is 0 Å². The van der Waals surface area contributed by atoms with Crippen LogP contribution >= 0.6 is 11.8 Å². The van der Waals surface area contributed by atoms with Crippen LogP contribution in [-0.2, 0) is 6.42 Å². The van der Waals surface area contributed by atoms with Gasteiger partial charge in [0, 0.05) is 49.2 Å². The molecule has 2 heterocycles. The first-order valence-corrected chi connectivity index (χ1v) is 10.3. The average molecular weight is 369 g/mol. The quantitative estimate of drug-likeness (QED) is 0.480. The topological polar surface area (TPSA) is 40.5 Å². The molecule has 1 N–H and O–H groups in total. The molecule has 0 saturated carbocycles. The Morgan fingerprint density at radius 3 is 2.85 bits per heavy atom. The minimum Gasteiger partial charge on any atom is -0.356 e. The molecule has 1 unspecified atom stereocenters. The fourth-order valence-corrected chi connectivity index (χ4v) is 4.24. The third-order valence-corrected chi connectivity index (χ3v) is 5.94. The SMILES string of the molecule is CN=C(NCCc1ccc(C)nc1)N1CCC(CSc2ccccc2)C1. The predicted octanol–water partition coefficient (Wildman–Crippen LogP) is 3.62. The van der Waals surface area contributed by atoms with E-state index < -0.39 is 0 Å². The number of hydrogen-bond donors (Lipinski definition) is 1. The lowest BCUT2D eigenvalue weighted by Gasteiger charge is -2.21. The largest absolute Gasteiger partial charge is 0.356 e. The number of nitrogens with one attached hydrogen (secondary N) is 1. The van der Waals surface area contributed by atoms with E-state index in [9.17, 15) is 0 Å². The molecule has 4 nitrogen and oxygen atoms in total. The van der Waals surface area contributed by atoms with Gasteiger partial charge in [0.05, 0.1) is 0 Å². The van der Waals surface area contributed by atoms with Gasteiger partial charge in [-0.2, -0.15) is 0 Å². The molecule has 1 fully saturated rings. The standard InChI is InChI=1S/C21H28N4S/c1-17-8-9-18(14-24-17)10-12-23-21(22-2)25-13-11-19(15-25)16-26-20-6-4-3-5-7-20/h3-9,14,19H,10-13,15-16H2,1-2H3,(H,22,23). The van der Waals surface area contributed by atoms with Crippen molar-refractivity contribution in [1.82, 2.24) is 15.2 Å². The van der Waals surface area contributed by atoms with E-state index in [4.69, 9.17) is 0 Å². The van der Waals surface area contributed by atoms with Crippen molar-refractivity contribution in [3.63, 3.8) is 0 Å². The Balaban J connectivity index is 1.41. The normalized spacial score (nSPS) is 17.5. The summed E-state index contributed by atoms with van der Waals surface area (Å²) in [6.45, 7) is 5.08. The maximum absolute atomic E-state index is 4.48. The maximum atomic E-state index is 4.48. The Bertz CT molecular complexity index is 700. The first-order chi connectivity index (χ1) is 12.7. The van der Waals surface area contributed by atoms with E-state index in [1.165, 1.54) is 22.6 Å². The van der Waals surface area contributed by atoms with Crippen LogP contribution < -0.4 is 5.32 Å². The van der Waals surface area contributed by atoms with Gasteiger partial charge >= 0.3 is 0 Å². The summed E-state index contributed by atoms with van der Waals surface area (Å²) in [6, 6.07) is 14.9. The molecule has 1 saturated heterocycles. The highest BCUT2D eigenvalue weighted by Gasteiger charge is 2.24. The van der Waals surface area contributed by atoms with Gasteiger partial charge in [0.15, 0.2) is 5.96 Å². The smallest absolute Gasteiger partial charge is 0.193 e. The van der Waals surface area contributed by atoms with Crippen molar-refractivity contribution < 1.29 is 0 Å². The zero-order chi connectivity index (χ0) is 18.2. The number of rotatable bonds is 6. The molecule has 1 aliphatic heterocycles. The number of likely N-dealkylation sites (tertiary alicyclic amines) is 1. The molecule has 1 aromatic heterocycles. The summed E-state index contributed by atoms with van der Waals surface area (Å²) in [6.07, 6.45) is 4.17. The van der Waals surface area contributed by atoms with E-state index in [1.807, 2.05) is 31.9 Å². The highest BCUT2D eigenvalue weighted by molar-refractivity contribution is 7.99. The first kappa shape index (κ1) is 18.8. The second kappa shape index (κ2) is 9.62. The number of aryl methyl sites for hydroxylation is 1. The summed E-state index contributed by atoms with van der Waals surface area (Å²) in [5, 5.41) is 3.51. The van der Waals surface area contributed by atoms with Crippen molar-refractivity contribution in [2.24, 2.45) is 10.9 Å². The summed E-state index contributed by atoms with van der Waals surface area (Å²) in [4.78, 5) is 12.6. The van der Waals surface area contributed by atoms with Crippen LogP contribution in [0.1, 0.15) is 17.7 Å². The molecule has 5 heteroatoms. The van der Waals surface area contributed by atoms with Crippen molar-refractivity contribution in [2.45, 2.75) is 24.7 Å². The number of guanidine groups is 1. The number of nitrogens with zero attached hydrogens (tertiary/aromatic N) is 3. The minimum atomic E-state index is 0.722. The molecule has 0 radical (unpaired) electrons. The third-order valence-electron chi connectivity index (χ3n) is 4.70. The van der Waals surface area contributed by atoms with E-state index in [0.29, 0.717) is 0 Å². The zero-order valence-electron chi connectivity index (χ0n) is 15.7. The lowest BCUT2D eigenvalue weighted by Crippen LogP contribution is -2.41. The summed E-state index contributed by atoms with van der Waals surface area (Å²) < 4.78 is 0. The average Bonchev–Trinajstić information content (AvgIpc) is 3.15. The predicted molar refractivity (Wildman–Crippen MR) is 111 cm³/mol. The van der Waals surface area contributed by atoms with Crippen LogP contribution in [-0.4, -0.2) is 48.3 Å². The monoisotopic (exact) mass is 368 g/mol. The molecule has 3 rings (SSSR count). The van der Waals surface area contributed by atoms with Gasteiger partial charge in [-0.3, -0.25) is 9.98 Å².